The van der Waals surface area contributed by atoms with Crippen molar-refractivity contribution in [3.63, 3.8) is 0 Å². The topological polar surface area (TPSA) is 79.5 Å². The molecule has 3 rings (SSSR count). The van der Waals surface area contributed by atoms with E-state index in [0.29, 0.717) is 17.4 Å². The van der Waals surface area contributed by atoms with Gasteiger partial charge in [-0.15, -0.1) is 16.0 Å². The summed E-state index contributed by atoms with van der Waals surface area (Å²) in [7, 11) is 0. The second-order valence-electron chi connectivity index (χ2n) is 4.27. The number of hydrogen-bond donors (Lipinski definition) is 2. The van der Waals surface area contributed by atoms with E-state index in [2.05, 4.69) is 10.1 Å². The van der Waals surface area contributed by atoms with Crippen LogP contribution in [0.2, 0.25) is 5.15 Å². The molecule has 0 aliphatic carbocycles. The van der Waals surface area contributed by atoms with Crippen LogP contribution in [0.15, 0.2) is 35.8 Å². The predicted molar refractivity (Wildman–Crippen MR) is 80.3 cm³/mol. The van der Waals surface area contributed by atoms with Crippen LogP contribution in [0.3, 0.4) is 0 Å². The van der Waals surface area contributed by atoms with Gasteiger partial charge in [0.05, 0.1) is 22.1 Å². The molecule has 1 aromatic carbocycles. The highest BCUT2D eigenvalue weighted by Gasteiger charge is 2.14. The molecule has 0 radical (unpaired) electrons. The number of nitrogens with zero attached hydrogens (tertiary/aromatic N) is 3. The Balaban J connectivity index is 1.89. The van der Waals surface area contributed by atoms with Gasteiger partial charge in [0.25, 0.3) is 5.84 Å². The lowest BCUT2D eigenvalue weighted by Crippen LogP contribution is -2.49. The fourth-order valence-corrected chi connectivity index (χ4v) is 2.78. The quantitative estimate of drug-likeness (QED) is 0.433. The third-order valence-corrected chi connectivity index (χ3v) is 3.85. The molecule has 2 aromatic heterocycles. The van der Waals surface area contributed by atoms with Gasteiger partial charge in [-0.2, -0.15) is 5.41 Å². The highest BCUT2D eigenvalue weighted by molar-refractivity contribution is 7.16. The Kier molecular flexibility index (Phi) is 3.33. The number of nitrogens with two attached hydrogens (primary N) is 1. The molecule has 20 heavy (non-hydrogen) atoms. The molecule has 3 N–H and O–H groups in total. The van der Waals surface area contributed by atoms with Crippen molar-refractivity contribution in [1.82, 2.24) is 10.1 Å². The maximum Gasteiger partial charge on any atom is 0.258 e. The smallest absolute Gasteiger partial charge is 0.258 e. The second kappa shape index (κ2) is 5.15. The summed E-state index contributed by atoms with van der Waals surface area (Å²) in [6.45, 7) is 0. The van der Waals surface area contributed by atoms with Crippen molar-refractivity contribution in [1.29, 1.82) is 5.41 Å². The molecule has 5 nitrogen and oxygen atoms in total. The van der Waals surface area contributed by atoms with Crippen molar-refractivity contribution >= 4 is 44.8 Å². The Bertz CT molecular complexity index is 798. The van der Waals surface area contributed by atoms with Gasteiger partial charge in [0.15, 0.2) is 5.15 Å². The molecule has 0 saturated heterocycles. The molecule has 100 valence electrons. The predicted octanol–water partition coefficient (Wildman–Crippen LogP) is 2.28. The molecule has 7 heteroatoms. The van der Waals surface area contributed by atoms with E-state index < -0.39 is 0 Å². The summed E-state index contributed by atoms with van der Waals surface area (Å²) < 4.78 is 2.45. The van der Waals surface area contributed by atoms with Gasteiger partial charge in [-0.05, 0) is 23.8 Å². The maximum absolute atomic E-state index is 8.13. The molecule has 0 saturated carbocycles. The summed E-state index contributed by atoms with van der Waals surface area (Å²) in [5, 5.41) is 12.5. The standard InChI is InChI=1S/C13H10ClN5S/c14-11-3-4-12(15)19(18-11)13(16)6-8-1-2-9-10(5-8)20-7-17-9/h1-5,7,15-16H,6H2/p+1. The Morgan fingerprint density at radius 2 is 2.20 bits per heavy atom. The summed E-state index contributed by atoms with van der Waals surface area (Å²) in [5.41, 5.74) is 9.61. The number of aromatic nitrogens is 3. The SMILES string of the molecule is N=C(Cc1ccc2ncsc2c1)[n+]1nc(Cl)ccc1N. The molecule has 0 unspecified atom stereocenters. The van der Waals surface area contributed by atoms with Gasteiger partial charge in [0.2, 0.25) is 5.82 Å². The minimum atomic E-state index is 0.272. The summed E-state index contributed by atoms with van der Waals surface area (Å²) in [5.74, 6) is 0.659. The molecule has 2 heterocycles. The van der Waals surface area contributed by atoms with Crippen LogP contribution in [0.1, 0.15) is 5.56 Å². The first-order chi connectivity index (χ1) is 9.63. The van der Waals surface area contributed by atoms with Crippen LogP contribution in [0.25, 0.3) is 10.2 Å². The zero-order valence-electron chi connectivity index (χ0n) is 10.4. The maximum atomic E-state index is 8.13. The van der Waals surface area contributed by atoms with Crippen LogP contribution in [0.5, 0.6) is 0 Å². The van der Waals surface area contributed by atoms with E-state index in [-0.39, 0.29) is 5.84 Å². The van der Waals surface area contributed by atoms with E-state index in [4.69, 9.17) is 22.7 Å². The van der Waals surface area contributed by atoms with Gasteiger partial charge < -0.3 is 5.73 Å². The molecular formula is C13H11ClN5S+. The zero-order chi connectivity index (χ0) is 14.1. The van der Waals surface area contributed by atoms with Crippen LogP contribution in [0, 0.1) is 5.41 Å². The lowest BCUT2D eigenvalue weighted by atomic mass is 10.1. The molecule has 0 spiro atoms. The lowest BCUT2D eigenvalue weighted by Gasteiger charge is -2.03. The number of benzene rings is 1. The van der Waals surface area contributed by atoms with Crippen molar-refractivity contribution in [2.24, 2.45) is 0 Å². The van der Waals surface area contributed by atoms with Crippen molar-refractivity contribution in [2.45, 2.75) is 6.42 Å². The summed E-state index contributed by atoms with van der Waals surface area (Å²) in [4.78, 5) is 4.23. The second-order valence-corrected chi connectivity index (χ2v) is 5.54. The third kappa shape index (κ3) is 2.48. The number of halogens is 1. The van der Waals surface area contributed by atoms with Gasteiger partial charge in [-0.1, -0.05) is 22.8 Å². The van der Waals surface area contributed by atoms with Crippen LogP contribution in [0.4, 0.5) is 5.82 Å². The van der Waals surface area contributed by atoms with Crippen molar-refractivity contribution < 1.29 is 4.68 Å². The average molecular weight is 305 g/mol. The van der Waals surface area contributed by atoms with Crippen molar-refractivity contribution in [2.75, 3.05) is 5.73 Å². The first-order valence-corrected chi connectivity index (χ1v) is 7.13. The van der Waals surface area contributed by atoms with E-state index in [9.17, 15) is 0 Å². The molecule has 0 atom stereocenters. The average Bonchev–Trinajstić information content (AvgIpc) is 2.89. The molecular weight excluding hydrogens is 294 g/mol. The Morgan fingerprint density at radius 1 is 1.35 bits per heavy atom. The molecule has 0 fully saturated rings. The van der Waals surface area contributed by atoms with E-state index in [1.165, 1.54) is 4.68 Å². The molecule has 0 aliphatic rings. The highest BCUT2D eigenvalue weighted by atomic mass is 35.5. The Labute approximate surface area is 124 Å². The van der Waals surface area contributed by atoms with Crippen LogP contribution < -0.4 is 10.4 Å². The Hall–Kier alpha value is -2.05. The highest BCUT2D eigenvalue weighted by Crippen LogP contribution is 2.19. The molecule has 0 bridgehead atoms. The van der Waals surface area contributed by atoms with Crippen molar-refractivity contribution in [3.05, 3.63) is 46.6 Å². The fourth-order valence-electron chi connectivity index (χ4n) is 1.91. The number of nitrogens with one attached hydrogen (secondary N) is 1. The number of hydrogen-bond acceptors (Lipinski definition) is 5. The number of nitrogen functional groups attached to an aromatic ring is 1. The molecule has 3 aromatic rings. The minimum Gasteiger partial charge on any atom is -0.317 e. The van der Waals surface area contributed by atoms with E-state index in [0.717, 1.165) is 15.8 Å². The molecule has 0 amide bonds. The van der Waals surface area contributed by atoms with Gasteiger partial charge in [-0.25, -0.2) is 4.98 Å². The van der Waals surface area contributed by atoms with E-state index >= 15 is 0 Å². The summed E-state index contributed by atoms with van der Waals surface area (Å²) in [6, 6.07) is 9.18. The van der Waals surface area contributed by atoms with Gasteiger partial charge >= 0.3 is 0 Å². The summed E-state index contributed by atoms with van der Waals surface area (Å²) in [6.07, 6.45) is 0.427. The van der Waals surface area contributed by atoms with Crippen LogP contribution in [-0.2, 0) is 6.42 Å². The normalized spacial score (nSPS) is 10.8. The third-order valence-electron chi connectivity index (χ3n) is 2.85. The molecule has 0 aliphatic heterocycles. The number of thiazole rings is 1. The van der Waals surface area contributed by atoms with E-state index in [1.807, 2.05) is 23.7 Å². The Morgan fingerprint density at radius 3 is 3.05 bits per heavy atom. The van der Waals surface area contributed by atoms with Gasteiger partial charge in [0, 0.05) is 6.07 Å². The van der Waals surface area contributed by atoms with Crippen LogP contribution >= 0.6 is 22.9 Å². The number of anilines is 1. The first-order valence-electron chi connectivity index (χ1n) is 5.88. The summed E-state index contributed by atoms with van der Waals surface area (Å²) >= 11 is 7.42. The minimum absolute atomic E-state index is 0.272. The first kappa shape index (κ1) is 13.0. The zero-order valence-corrected chi connectivity index (χ0v) is 11.9. The van der Waals surface area contributed by atoms with Crippen molar-refractivity contribution in [3.8, 4) is 0 Å². The lowest BCUT2D eigenvalue weighted by molar-refractivity contribution is -0.609. The van der Waals surface area contributed by atoms with Crippen LogP contribution in [-0.4, -0.2) is 15.9 Å². The number of fused-ring (bicyclic) bond motifs is 1. The van der Waals surface area contributed by atoms with E-state index in [1.54, 1.807) is 23.5 Å². The van der Waals surface area contributed by atoms with Gasteiger partial charge in [-0.3, -0.25) is 0 Å². The largest absolute Gasteiger partial charge is 0.317 e. The fraction of sp³-hybridized carbons (Fsp3) is 0.0769. The number of rotatable bonds is 2. The monoisotopic (exact) mass is 304 g/mol. The van der Waals surface area contributed by atoms with Gasteiger partial charge in [0.1, 0.15) is 0 Å².